The Morgan fingerprint density at radius 2 is 1.74 bits per heavy atom. The van der Waals surface area contributed by atoms with Crippen molar-refractivity contribution in [2.75, 3.05) is 0 Å². The molecule has 0 aliphatic carbocycles. The number of fused-ring (bicyclic) bond motifs is 3. The van der Waals surface area contributed by atoms with Gasteiger partial charge in [0.05, 0.1) is 16.2 Å². The van der Waals surface area contributed by atoms with Crippen molar-refractivity contribution in [1.29, 1.82) is 0 Å². The number of hydrogen-bond acceptors (Lipinski definition) is 3. The Kier molecular flexibility index (Phi) is 5.61. The lowest BCUT2D eigenvalue weighted by Crippen LogP contribution is -2.34. The van der Waals surface area contributed by atoms with Gasteiger partial charge in [0.2, 0.25) is 6.23 Å². The normalized spacial score (nSPS) is 19.7. The van der Waals surface area contributed by atoms with Gasteiger partial charge in [0.1, 0.15) is 5.75 Å². The molecule has 0 aromatic heterocycles. The molecule has 0 unspecified atom stereocenters. The third kappa shape index (κ3) is 3.92. The van der Waals surface area contributed by atoms with Gasteiger partial charge in [0.15, 0.2) is 0 Å². The van der Waals surface area contributed by atoms with Crippen molar-refractivity contribution in [3.63, 3.8) is 0 Å². The maximum absolute atomic E-state index is 6.55. The fourth-order valence-electron chi connectivity index (χ4n) is 4.20. The zero-order valence-electron chi connectivity index (χ0n) is 17.1. The number of rotatable bonds is 3. The maximum Gasteiger partial charge on any atom is 0.213 e. The Morgan fingerprint density at radius 1 is 1.03 bits per heavy atom. The first kappa shape index (κ1) is 21.0. The molecule has 3 aromatic rings. The molecule has 3 nitrogen and oxygen atoms in total. The highest BCUT2D eigenvalue weighted by Crippen LogP contribution is 2.50. The number of benzene rings is 3. The highest BCUT2D eigenvalue weighted by Gasteiger charge is 2.42. The molecule has 0 fully saturated rings. The predicted molar refractivity (Wildman–Crippen MR) is 133 cm³/mol. The first-order valence-electron chi connectivity index (χ1n) is 10.3. The van der Waals surface area contributed by atoms with Crippen molar-refractivity contribution in [3.05, 3.63) is 96.9 Å². The van der Waals surface area contributed by atoms with E-state index in [4.69, 9.17) is 21.4 Å². The smallest absolute Gasteiger partial charge is 0.213 e. The Hall–Kier alpha value is -1.82. The Labute approximate surface area is 204 Å². The number of halogens is 3. The van der Waals surface area contributed by atoms with Crippen LogP contribution in [-0.2, 0) is 0 Å². The van der Waals surface area contributed by atoms with Gasteiger partial charge >= 0.3 is 0 Å². The van der Waals surface area contributed by atoms with Crippen LogP contribution in [0.15, 0.2) is 74.7 Å². The molecule has 5 rings (SSSR count). The van der Waals surface area contributed by atoms with E-state index < -0.39 is 0 Å². The van der Waals surface area contributed by atoms with Crippen molar-refractivity contribution < 1.29 is 4.74 Å². The lowest BCUT2D eigenvalue weighted by atomic mass is 9.95. The van der Waals surface area contributed by atoms with Crippen LogP contribution in [0, 0.1) is 0 Å². The minimum absolute atomic E-state index is 0.0954. The standard InChI is InChI=1S/C25H21Br2ClN2O/c1-14(2)15-3-5-17(6-4-15)25-30-23(20-11-18(26)12-21(27)24(20)31-25)13-22(29-30)16-7-9-19(28)10-8-16/h3-12,14,23,25H,13H2,1-2H3/t23-,25-/m1/s1. The minimum Gasteiger partial charge on any atom is -0.463 e. The van der Waals surface area contributed by atoms with E-state index in [0.717, 1.165) is 48.5 Å². The summed E-state index contributed by atoms with van der Waals surface area (Å²) >= 11 is 13.4. The average Bonchev–Trinajstić information content (AvgIpc) is 3.19. The molecule has 2 atom stereocenters. The number of nitrogens with zero attached hydrogens (tertiary/aromatic N) is 2. The molecule has 0 N–H and O–H groups in total. The molecule has 0 saturated carbocycles. The Morgan fingerprint density at radius 3 is 2.42 bits per heavy atom. The van der Waals surface area contributed by atoms with Crippen molar-refractivity contribution in [1.82, 2.24) is 5.01 Å². The van der Waals surface area contributed by atoms with Gasteiger partial charge in [-0.2, -0.15) is 5.10 Å². The monoisotopic (exact) mass is 558 g/mol. The largest absolute Gasteiger partial charge is 0.463 e. The second-order valence-corrected chi connectivity index (χ2v) is 10.5. The first-order chi connectivity index (χ1) is 14.9. The summed E-state index contributed by atoms with van der Waals surface area (Å²) in [4.78, 5) is 0. The van der Waals surface area contributed by atoms with Crippen LogP contribution in [0.3, 0.4) is 0 Å². The first-order valence-corrected chi connectivity index (χ1v) is 12.2. The van der Waals surface area contributed by atoms with Gasteiger partial charge in [-0.1, -0.05) is 77.8 Å². The van der Waals surface area contributed by atoms with Crippen LogP contribution in [0.4, 0.5) is 0 Å². The minimum atomic E-state index is -0.291. The maximum atomic E-state index is 6.55. The van der Waals surface area contributed by atoms with Gasteiger partial charge < -0.3 is 4.74 Å². The van der Waals surface area contributed by atoms with Crippen molar-refractivity contribution in [3.8, 4) is 5.75 Å². The highest BCUT2D eigenvalue weighted by molar-refractivity contribution is 9.11. The molecule has 3 aromatic carbocycles. The van der Waals surface area contributed by atoms with Gasteiger partial charge in [-0.25, -0.2) is 5.01 Å². The predicted octanol–water partition coefficient (Wildman–Crippen LogP) is 8.23. The zero-order chi connectivity index (χ0) is 21.7. The summed E-state index contributed by atoms with van der Waals surface area (Å²) in [7, 11) is 0. The van der Waals surface area contributed by atoms with Crippen LogP contribution in [-0.4, -0.2) is 10.7 Å². The quantitative estimate of drug-likeness (QED) is 0.322. The molecule has 6 heteroatoms. The lowest BCUT2D eigenvalue weighted by molar-refractivity contribution is -0.0197. The molecule has 31 heavy (non-hydrogen) atoms. The number of ether oxygens (including phenoxy) is 1. The molecule has 0 amide bonds. The van der Waals surface area contributed by atoms with E-state index in [9.17, 15) is 0 Å². The highest BCUT2D eigenvalue weighted by atomic mass is 79.9. The topological polar surface area (TPSA) is 24.8 Å². The molecule has 2 heterocycles. The van der Waals surface area contributed by atoms with Crippen molar-refractivity contribution in [2.45, 2.75) is 38.5 Å². The van der Waals surface area contributed by atoms with E-state index in [1.165, 1.54) is 5.56 Å². The van der Waals surface area contributed by atoms with Crippen LogP contribution >= 0.6 is 43.5 Å². The van der Waals surface area contributed by atoms with Crippen LogP contribution in [0.2, 0.25) is 5.02 Å². The van der Waals surface area contributed by atoms with Crippen molar-refractivity contribution >= 4 is 49.2 Å². The molecule has 0 spiro atoms. The summed E-state index contributed by atoms with van der Waals surface area (Å²) in [5.41, 5.74) is 5.66. The van der Waals surface area contributed by atoms with E-state index in [2.05, 4.69) is 81.0 Å². The third-order valence-corrected chi connectivity index (χ3v) is 7.17. The van der Waals surface area contributed by atoms with Crippen LogP contribution in [0.5, 0.6) is 5.75 Å². The number of hydrazone groups is 1. The Balaban J connectivity index is 1.59. The fraction of sp³-hybridized carbons (Fsp3) is 0.240. The summed E-state index contributed by atoms with van der Waals surface area (Å²) in [6.07, 6.45) is 0.516. The summed E-state index contributed by atoms with van der Waals surface area (Å²) in [6.45, 7) is 4.41. The molecule has 0 bridgehead atoms. The zero-order valence-corrected chi connectivity index (χ0v) is 21.1. The SMILES string of the molecule is CC(C)c1ccc([C@H]2Oc3c(Br)cc(Br)cc3[C@H]3CC(c4ccc(Cl)cc4)=NN32)cc1. The molecule has 2 aliphatic rings. The van der Waals surface area contributed by atoms with E-state index in [1.54, 1.807) is 0 Å². The lowest BCUT2D eigenvalue weighted by Gasteiger charge is -2.38. The fourth-order valence-corrected chi connectivity index (χ4v) is 5.67. The number of hydrogen-bond donors (Lipinski definition) is 0. The summed E-state index contributed by atoms with van der Waals surface area (Å²) in [6, 6.07) is 20.8. The molecular formula is C25H21Br2ClN2O. The average molecular weight is 561 g/mol. The summed E-state index contributed by atoms with van der Waals surface area (Å²) in [5.74, 6) is 1.37. The molecule has 2 aliphatic heterocycles. The molecule has 0 saturated heterocycles. The molecular weight excluding hydrogens is 540 g/mol. The molecule has 158 valence electrons. The van der Waals surface area contributed by atoms with Gasteiger partial charge in [0, 0.05) is 27.0 Å². The van der Waals surface area contributed by atoms with Gasteiger partial charge in [0.25, 0.3) is 0 Å². The van der Waals surface area contributed by atoms with E-state index >= 15 is 0 Å². The summed E-state index contributed by atoms with van der Waals surface area (Å²) < 4.78 is 8.51. The summed E-state index contributed by atoms with van der Waals surface area (Å²) in [5, 5.41) is 7.87. The molecule has 0 radical (unpaired) electrons. The van der Waals surface area contributed by atoms with Gasteiger partial charge in [-0.3, -0.25) is 0 Å². The van der Waals surface area contributed by atoms with Gasteiger partial charge in [-0.05, 0) is 57.2 Å². The van der Waals surface area contributed by atoms with E-state index in [0.29, 0.717) is 5.92 Å². The van der Waals surface area contributed by atoms with Crippen molar-refractivity contribution in [2.24, 2.45) is 5.10 Å². The van der Waals surface area contributed by atoms with Crippen LogP contribution in [0.1, 0.15) is 60.7 Å². The van der Waals surface area contributed by atoms with Crippen LogP contribution in [0.25, 0.3) is 0 Å². The second kappa shape index (κ2) is 8.27. The third-order valence-electron chi connectivity index (χ3n) is 5.87. The second-order valence-electron chi connectivity index (χ2n) is 8.25. The van der Waals surface area contributed by atoms with Crippen LogP contribution < -0.4 is 4.74 Å². The van der Waals surface area contributed by atoms with E-state index in [1.807, 2.05) is 30.3 Å². The van der Waals surface area contributed by atoms with E-state index in [-0.39, 0.29) is 12.3 Å². The Bertz CT molecular complexity index is 1160. The van der Waals surface area contributed by atoms with Gasteiger partial charge in [-0.15, -0.1) is 0 Å².